The van der Waals surface area contributed by atoms with Gasteiger partial charge in [0.2, 0.25) is 0 Å². The molecule has 13 heterocycles. The molecule has 0 spiro atoms. The molecule has 0 radical (unpaired) electrons. The van der Waals surface area contributed by atoms with Crippen molar-refractivity contribution in [2.45, 2.75) is 396 Å². The highest BCUT2D eigenvalue weighted by atomic mass is 19.4. The number of fused-ring (bicyclic) bond motifs is 8. The van der Waals surface area contributed by atoms with Gasteiger partial charge in [-0.3, -0.25) is 44.1 Å². The van der Waals surface area contributed by atoms with Crippen LogP contribution in [0.2, 0.25) is 0 Å². The lowest BCUT2D eigenvalue weighted by Crippen LogP contribution is -2.67. The van der Waals surface area contributed by atoms with Crippen molar-refractivity contribution < 1.29 is 22.6 Å². The second kappa shape index (κ2) is 37.7. The molecule has 0 amide bonds. The summed E-state index contributed by atoms with van der Waals surface area (Å²) in [5, 5.41) is 0. The Morgan fingerprint density at radius 3 is 0.880 bits per heavy atom. The third-order valence-electron chi connectivity index (χ3n) is 24.2. The van der Waals surface area contributed by atoms with E-state index in [1.54, 1.807) is 4.90 Å². The van der Waals surface area contributed by atoms with Crippen LogP contribution in [-0.4, -0.2) is 267 Å². The number of piperidine rings is 4. The first kappa shape index (κ1) is 82.0. The maximum absolute atomic E-state index is 12.9. The van der Waals surface area contributed by atoms with E-state index in [1.807, 2.05) is 13.8 Å². The highest BCUT2D eigenvalue weighted by Crippen LogP contribution is 2.51. The fourth-order valence-electron chi connectivity index (χ4n) is 18.4. The van der Waals surface area contributed by atoms with Gasteiger partial charge in [0.25, 0.3) is 0 Å². The van der Waals surface area contributed by atoms with Gasteiger partial charge in [0, 0.05) is 161 Å². The zero-order chi connectivity index (χ0) is 69.0. The molecule has 17 atom stereocenters. The highest BCUT2D eigenvalue weighted by Gasteiger charge is 2.57. The molecule has 8 unspecified atom stereocenters. The lowest BCUT2D eigenvalue weighted by atomic mass is 9.88. The number of hydrogen-bond acceptors (Lipinski definition) is 12. The Hall–Kier alpha value is -0.690. The van der Waals surface area contributed by atoms with E-state index in [9.17, 15) is 13.2 Å². The molecule has 0 aromatic rings. The number of rotatable bonds is 9. The number of morpholine rings is 2. The minimum atomic E-state index is -4.17. The predicted octanol–water partition coefficient (Wildman–Crippen LogP) is 15.1. The summed E-state index contributed by atoms with van der Waals surface area (Å²) in [6, 6.07) is 11.6. The van der Waals surface area contributed by atoms with E-state index in [0.29, 0.717) is 43.3 Å². The van der Waals surface area contributed by atoms with Crippen LogP contribution in [0.3, 0.4) is 0 Å². The Balaban J connectivity index is 0.000000189. The monoisotopic (exact) mass is 1310 g/mol. The number of halogens is 3. The quantitative estimate of drug-likeness (QED) is 0.221. The predicted molar refractivity (Wildman–Crippen MR) is 386 cm³/mol. The van der Waals surface area contributed by atoms with Gasteiger partial charge in [-0.2, -0.15) is 13.2 Å². The number of ether oxygens (including phenoxy) is 2. The van der Waals surface area contributed by atoms with E-state index in [0.717, 1.165) is 115 Å². The smallest absolute Gasteiger partial charge is 0.375 e. The Labute approximate surface area is 568 Å². The first-order valence-electron chi connectivity index (χ1n) is 38.8. The number of alkyl halides is 3. The standard InChI is InChI=1S/C10H16F3NO.C10H19NO.C9H20N2.2C9H17N.2C8H17N.2C7H15N/c1-6(2)14-7-3-4-8(15-5-7)9(14)10(11,12)13;1-7(2)11-8(3)10-5-4-9(11)6-12-10;1-8(2)11-6-5-10(4)7-9(11)3;2*1-6(2)10-5-8-4-9(8)7(10)3;2*1-7(2)9-6-4-5-8(9)3;2*1-6(2)8-5-4-7(8)3/h6-9H,3-5H2,1-2H3;7-10H,4-6H2,1-3H3;8-9H,5-7H2,1-4H3;2*6-9H,4-5H2,1-3H3;2*7-8H,4-6H2,1-3H3;2*6-7H,4-5H2,1-3H3/t7?,8?,9-;8-,9?,10?;9-;2*7-,8?,9?;2*8-;2*7-/m111101010/s1. The van der Waals surface area contributed by atoms with Crippen molar-refractivity contribution in [3.63, 3.8) is 0 Å². The first-order chi connectivity index (χ1) is 43.0. The highest BCUT2D eigenvalue weighted by molar-refractivity contribution is 5.04. The molecule has 0 N–H and O–H groups in total. The van der Waals surface area contributed by atoms with Crippen molar-refractivity contribution in [3.05, 3.63) is 0 Å². The molecule has 15 aliphatic rings. The van der Waals surface area contributed by atoms with Crippen LogP contribution < -0.4 is 0 Å². The number of nitrogens with zero attached hydrogens (tertiary/aromatic N) is 10. The van der Waals surface area contributed by atoms with Crippen LogP contribution in [0.4, 0.5) is 13.2 Å². The molecule has 2 saturated carbocycles. The molecule has 92 heavy (non-hydrogen) atoms. The molecule has 15 rings (SSSR count). The molecule has 12 nitrogen and oxygen atoms in total. The van der Waals surface area contributed by atoms with Crippen LogP contribution in [0, 0.1) is 23.7 Å². The molecular weight excluding hydrogens is 1150 g/mol. The number of piperazine rings is 1. The Kier molecular flexibility index (Phi) is 33.6. The first-order valence-corrected chi connectivity index (χ1v) is 38.8. The Morgan fingerprint density at radius 1 is 0.337 bits per heavy atom. The molecule has 13 aliphatic heterocycles. The van der Waals surface area contributed by atoms with E-state index < -0.39 is 18.3 Å². The van der Waals surface area contributed by atoms with Crippen molar-refractivity contribution in [3.8, 4) is 0 Å². The Morgan fingerprint density at radius 2 is 0.685 bits per heavy atom. The zero-order valence-corrected chi connectivity index (χ0v) is 65.2. The summed E-state index contributed by atoms with van der Waals surface area (Å²) in [5.41, 5.74) is 0. The van der Waals surface area contributed by atoms with Gasteiger partial charge in [-0.1, -0.05) is 0 Å². The molecular formula is C77H153F3N10O2. The third-order valence-corrected chi connectivity index (χ3v) is 24.2. The van der Waals surface area contributed by atoms with Gasteiger partial charge >= 0.3 is 6.18 Å². The third kappa shape index (κ3) is 23.5. The van der Waals surface area contributed by atoms with Gasteiger partial charge in [-0.25, -0.2) is 0 Å². The molecule has 15 fully saturated rings. The maximum atomic E-state index is 12.9. The summed E-state index contributed by atoms with van der Waals surface area (Å²) >= 11 is 0. The minimum Gasteiger partial charge on any atom is -0.375 e. The van der Waals surface area contributed by atoms with Crippen LogP contribution in [-0.2, 0) is 9.47 Å². The molecule has 544 valence electrons. The van der Waals surface area contributed by atoms with Crippen molar-refractivity contribution in [2.75, 3.05) is 79.2 Å². The van der Waals surface area contributed by atoms with Crippen molar-refractivity contribution in [1.29, 1.82) is 0 Å². The van der Waals surface area contributed by atoms with Crippen molar-refractivity contribution >= 4 is 0 Å². The van der Waals surface area contributed by atoms with Crippen LogP contribution in [0.15, 0.2) is 0 Å². The number of hydrogen-bond donors (Lipinski definition) is 0. The average molecular weight is 1310 g/mol. The van der Waals surface area contributed by atoms with E-state index in [-0.39, 0.29) is 12.1 Å². The SMILES string of the molecule is CC(C)N1C2CCC(OC2)[C@@H]1C(F)(F)F.CC(C)N1C2CCC(OC2)[C@H]1C.CC(C)N1CC2CC2[C@@H]1C.CC(C)N1CC2CC2[C@H]1C.CC(C)N1CCC[C@@H]1C.CC(C)N1CCC[C@H]1C.CC(C)N1CCN(C)C[C@H]1C.CC(C)N1CC[C@@H]1C.CC(C)N1CC[C@H]1C. The van der Waals surface area contributed by atoms with Gasteiger partial charge in [-0.05, 0) is 301 Å². The largest absolute Gasteiger partial charge is 0.406 e. The van der Waals surface area contributed by atoms with E-state index >= 15 is 0 Å². The summed E-state index contributed by atoms with van der Waals surface area (Å²) < 4.78 is 49.6. The average Bonchev–Trinajstić information content (AvgIpc) is 1.36. The van der Waals surface area contributed by atoms with Crippen molar-refractivity contribution in [1.82, 2.24) is 49.0 Å². The van der Waals surface area contributed by atoms with E-state index in [2.05, 4.69) is 217 Å². The van der Waals surface area contributed by atoms with E-state index in [4.69, 9.17) is 9.47 Å². The van der Waals surface area contributed by atoms with Crippen LogP contribution >= 0.6 is 0 Å². The molecule has 15 heteroatoms. The minimum absolute atomic E-state index is 0.0541. The normalized spacial score (nSPS) is 36.5. The molecule has 13 saturated heterocycles. The lowest BCUT2D eigenvalue weighted by molar-refractivity contribution is -0.268. The zero-order valence-electron chi connectivity index (χ0n) is 65.2. The van der Waals surface area contributed by atoms with Crippen LogP contribution in [0.25, 0.3) is 0 Å². The van der Waals surface area contributed by atoms with Crippen LogP contribution in [0.1, 0.15) is 257 Å². The second-order valence-corrected chi connectivity index (χ2v) is 33.9. The molecule has 0 aromatic heterocycles. The molecule has 2 aliphatic carbocycles. The lowest BCUT2D eigenvalue weighted by Gasteiger charge is -2.53. The van der Waals surface area contributed by atoms with Crippen molar-refractivity contribution in [2.24, 2.45) is 23.7 Å². The van der Waals surface area contributed by atoms with Crippen LogP contribution in [0.5, 0.6) is 0 Å². The second-order valence-electron chi connectivity index (χ2n) is 33.9. The number of likely N-dealkylation sites (tertiary alicyclic amines) is 6. The van der Waals surface area contributed by atoms with Gasteiger partial charge in [0.1, 0.15) is 6.04 Å². The van der Waals surface area contributed by atoms with Gasteiger partial charge in [0.05, 0.1) is 25.4 Å². The maximum Gasteiger partial charge on any atom is 0.406 e. The summed E-state index contributed by atoms with van der Waals surface area (Å²) in [7, 11) is 2.20. The van der Waals surface area contributed by atoms with Gasteiger partial charge in [-0.15, -0.1) is 0 Å². The molecule has 0 aromatic carbocycles. The van der Waals surface area contributed by atoms with Gasteiger partial charge < -0.3 is 14.4 Å². The van der Waals surface area contributed by atoms with Gasteiger partial charge in [0.15, 0.2) is 0 Å². The summed E-state index contributed by atoms with van der Waals surface area (Å²) in [6.45, 7) is 71.9. The Bertz CT molecular complexity index is 1920. The fourth-order valence-corrected chi connectivity index (χ4v) is 18.4. The summed E-state index contributed by atoms with van der Waals surface area (Å²) in [5.74, 6) is 4.31. The summed E-state index contributed by atoms with van der Waals surface area (Å²) in [6.07, 6.45) is 11.1. The molecule has 4 bridgehead atoms. The van der Waals surface area contributed by atoms with E-state index in [1.165, 1.54) is 123 Å². The number of likely N-dealkylation sites (N-methyl/N-ethyl adjacent to an activating group) is 1. The topological polar surface area (TPSA) is 50.9 Å². The fraction of sp³-hybridized carbons (Fsp3) is 1.00. The summed E-state index contributed by atoms with van der Waals surface area (Å²) in [4.78, 5) is 24.6.